The number of amides is 1. The zero-order valence-electron chi connectivity index (χ0n) is 18.8. The van der Waals surface area contributed by atoms with Crippen LogP contribution in [0.4, 0.5) is 0 Å². The number of fused-ring (bicyclic) bond motifs is 2. The highest BCUT2D eigenvalue weighted by molar-refractivity contribution is 5.84. The monoisotopic (exact) mass is 458 g/mol. The summed E-state index contributed by atoms with van der Waals surface area (Å²) in [4.78, 5) is 44.9. The molecular weight excluding hydrogens is 432 g/mol. The Hall–Kier alpha value is -3.85. The molecule has 3 heterocycles. The molecule has 9 heteroatoms. The highest BCUT2D eigenvalue weighted by Crippen LogP contribution is 2.14. The number of benzene rings is 2. The van der Waals surface area contributed by atoms with Crippen LogP contribution in [0.15, 0.2) is 64.4 Å². The van der Waals surface area contributed by atoms with E-state index in [1.165, 1.54) is 28.4 Å². The molecule has 0 saturated carbocycles. The van der Waals surface area contributed by atoms with Crippen molar-refractivity contribution in [2.24, 2.45) is 0 Å². The van der Waals surface area contributed by atoms with Crippen molar-refractivity contribution in [2.75, 3.05) is 19.6 Å². The smallest absolute Gasteiger partial charge is 0.274 e. The fraction of sp³-hybridized carbons (Fsp3) is 0.320. The maximum atomic E-state index is 13.0. The molecule has 5 rings (SSSR count). The highest BCUT2D eigenvalue weighted by atomic mass is 16.2. The van der Waals surface area contributed by atoms with E-state index < -0.39 is 0 Å². The molecule has 0 spiro atoms. The van der Waals surface area contributed by atoms with Gasteiger partial charge in [-0.15, -0.1) is 0 Å². The van der Waals surface area contributed by atoms with Gasteiger partial charge in [0.1, 0.15) is 6.54 Å². The van der Waals surface area contributed by atoms with E-state index in [0.717, 1.165) is 25.0 Å². The topological polar surface area (TPSA) is 102 Å². The highest BCUT2D eigenvalue weighted by Gasteiger charge is 2.15. The Balaban J connectivity index is 1.34. The number of hydrogen-bond donors (Lipinski definition) is 1. The molecule has 1 saturated heterocycles. The number of aromatic nitrogens is 4. The fourth-order valence-electron chi connectivity index (χ4n) is 4.44. The Bertz CT molecular complexity index is 1470. The van der Waals surface area contributed by atoms with Gasteiger partial charge in [-0.05, 0) is 44.1 Å². The average Bonchev–Trinajstić information content (AvgIpc) is 3.39. The lowest BCUT2D eigenvalue weighted by Crippen LogP contribution is -2.34. The van der Waals surface area contributed by atoms with Crippen LogP contribution in [0.3, 0.4) is 0 Å². The van der Waals surface area contributed by atoms with E-state index in [0.29, 0.717) is 28.5 Å². The third-order valence-corrected chi connectivity index (χ3v) is 6.27. The van der Waals surface area contributed by atoms with Crippen molar-refractivity contribution in [1.29, 1.82) is 0 Å². The molecule has 0 aliphatic carbocycles. The predicted molar refractivity (Wildman–Crippen MR) is 130 cm³/mol. The molecule has 1 aliphatic rings. The lowest BCUT2D eigenvalue weighted by molar-refractivity contribution is -0.121. The van der Waals surface area contributed by atoms with Crippen LogP contribution in [-0.4, -0.2) is 49.8 Å². The van der Waals surface area contributed by atoms with Crippen LogP contribution in [-0.2, 0) is 24.4 Å². The van der Waals surface area contributed by atoms with E-state index in [1.54, 1.807) is 24.3 Å². The number of nitrogens with one attached hydrogen (secondary N) is 1. The summed E-state index contributed by atoms with van der Waals surface area (Å²) < 4.78 is 2.79. The summed E-state index contributed by atoms with van der Waals surface area (Å²) in [6, 6.07) is 14.3. The van der Waals surface area contributed by atoms with Gasteiger partial charge in [-0.3, -0.25) is 19.0 Å². The van der Waals surface area contributed by atoms with Gasteiger partial charge < -0.3 is 10.2 Å². The average molecular weight is 459 g/mol. The minimum Gasteiger partial charge on any atom is -0.349 e. The molecule has 4 aromatic rings. The van der Waals surface area contributed by atoms with Crippen LogP contribution in [0.2, 0.25) is 0 Å². The molecule has 0 atom stereocenters. The number of para-hydroxylation sites is 1. The number of hydrogen-bond acceptors (Lipinski definition) is 6. The molecular formula is C25H26N6O3. The second kappa shape index (κ2) is 9.56. The Morgan fingerprint density at radius 1 is 0.882 bits per heavy atom. The number of nitrogens with zero attached hydrogens (tertiary/aromatic N) is 5. The van der Waals surface area contributed by atoms with E-state index in [-0.39, 0.29) is 30.1 Å². The van der Waals surface area contributed by atoms with E-state index >= 15 is 0 Å². The maximum Gasteiger partial charge on any atom is 0.274 e. The SMILES string of the molecule is O=C(Cn1cnc2ccccc2c1=O)NCc1nn(CCN2CCCC2)c(=O)c2ccccc12. The zero-order chi connectivity index (χ0) is 23.5. The first-order chi connectivity index (χ1) is 16.6. The fourth-order valence-corrected chi connectivity index (χ4v) is 4.44. The van der Waals surface area contributed by atoms with Gasteiger partial charge in [0.2, 0.25) is 5.91 Å². The van der Waals surface area contributed by atoms with E-state index in [4.69, 9.17) is 0 Å². The quantitative estimate of drug-likeness (QED) is 0.451. The minimum atomic E-state index is -0.333. The minimum absolute atomic E-state index is 0.126. The third-order valence-electron chi connectivity index (χ3n) is 6.27. The normalized spacial score (nSPS) is 14.1. The van der Waals surface area contributed by atoms with Gasteiger partial charge in [0.25, 0.3) is 11.1 Å². The first-order valence-corrected chi connectivity index (χ1v) is 11.5. The molecule has 1 fully saturated rings. The Labute approximate surface area is 195 Å². The third kappa shape index (κ3) is 4.47. The molecule has 0 radical (unpaired) electrons. The molecule has 2 aromatic carbocycles. The van der Waals surface area contributed by atoms with Gasteiger partial charge in [0.15, 0.2) is 0 Å². The van der Waals surface area contributed by atoms with E-state index in [2.05, 4.69) is 20.3 Å². The lowest BCUT2D eigenvalue weighted by atomic mass is 10.1. The van der Waals surface area contributed by atoms with Crippen molar-refractivity contribution in [3.05, 3.63) is 81.3 Å². The Morgan fingerprint density at radius 3 is 2.38 bits per heavy atom. The standard InChI is InChI=1S/C25H26N6O3/c32-23(16-30-17-27-21-10-4-3-9-20(21)24(30)33)26-15-22-18-7-1-2-8-19(18)25(34)31(28-22)14-13-29-11-5-6-12-29/h1-4,7-10,17H,5-6,11-16H2,(H,26,32). The molecule has 34 heavy (non-hydrogen) atoms. The van der Waals surface area contributed by atoms with Gasteiger partial charge in [-0.25, -0.2) is 9.67 Å². The Morgan fingerprint density at radius 2 is 1.59 bits per heavy atom. The van der Waals surface area contributed by atoms with Crippen molar-refractivity contribution in [3.8, 4) is 0 Å². The molecule has 1 aliphatic heterocycles. The van der Waals surface area contributed by atoms with Gasteiger partial charge in [-0.1, -0.05) is 30.3 Å². The maximum absolute atomic E-state index is 13.0. The second-order valence-corrected chi connectivity index (χ2v) is 8.54. The summed E-state index contributed by atoms with van der Waals surface area (Å²) in [7, 11) is 0. The van der Waals surface area contributed by atoms with Gasteiger partial charge in [0.05, 0.1) is 41.4 Å². The molecule has 1 amide bonds. The second-order valence-electron chi connectivity index (χ2n) is 8.54. The summed E-state index contributed by atoms with van der Waals surface area (Å²) in [5.74, 6) is -0.333. The summed E-state index contributed by atoms with van der Waals surface area (Å²) in [5.41, 5.74) is 0.823. The Kier molecular flexibility index (Phi) is 6.18. The summed E-state index contributed by atoms with van der Waals surface area (Å²) in [6.07, 6.45) is 3.76. The molecule has 0 unspecified atom stereocenters. The van der Waals surface area contributed by atoms with Crippen molar-refractivity contribution in [1.82, 2.24) is 29.5 Å². The molecule has 174 valence electrons. The van der Waals surface area contributed by atoms with Crippen molar-refractivity contribution in [2.45, 2.75) is 32.5 Å². The van der Waals surface area contributed by atoms with Crippen LogP contribution >= 0.6 is 0 Å². The van der Waals surface area contributed by atoms with E-state index in [1.807, 2.05) is 24.3 Å². The van der Waals surface area contributed by atoms with Crippen LogP contribution in [0.1, 0.15) is 18.5 Å². The first kappa shape index (κ1) is 22.0. The summed E-state index contributed by atoms with van der Waals surface area (Å²) >= 11 is 0. The lowest BCUT2D eigenvalue weighted by Gasteiger charge is -2.16. The molecule has 0 bridgehead atoms. The number of likely N-dealkylation sites (tertiary alicyclic amines) is 1. The zero-order valence-corrected chi connectivity index (χ0v) is 18.8. The summed E-state index contributed by atoms with van der Waals surface area (Å²) in [5, 5.41) is 9.19. The number of carbonyl (C=O) groups excluding carboxylic acids is 1. The van der Waals surface area contributed by atoms with Crippen molar-refractivity contribution >= 4 is 27.6 Å². The molecule has 1 N–H and O–H groups in total. The largest absolute Gasteiger partial charge is 0.349 e. The van der Waals surface area contributed by atoms with Crippen LogP contribution in [0.25, 0.3) is 21.7 Å². The number of rotatable bonds is 7. The summed E-state index contributed by atoms with van der Waals surface area (Å²) in [6.45, 7) is 3.38. The van der Waals surface area contributed by atoms with Crippen molar-refractivity contribution < 1.29 is 4.79 Å². The van der Waals surface area contributed by atoms with Gasteiger partial charge >= 0.3 is 0 Å². The van der Waals surface area contributed by atoms with Gasteiger partial charge in [-0.2, -0.15) is 5.10 Å². The van der Waals surface area contributed by atoms with Crippen LogP contribution < -0.4 is 16.4 Å². The van der Waals surface area contributed by atoms with Gasteiger partial charge in [0, 0.05) is 11.9 Å². The van der Waals surface area contributed by atoms with Crippen LogP contribution in [0, 0.1) is 0 Å². The molecule has 9 nitrogen and oxygen atoms in total. The molecule has 2 aromatic heterocycles. The predicted octanol–water partition coefficient (Wildman–Crippen LogP) is 1.52. The van der Waals surface area contributed by atoms with E-state index in [9.17, 15) is 14.4 Å². The first-order valence-electron chi connectivity index (χ1n) is 11.5. The van der Waals surface area contributed by atoms with Crippen LogP contribution in [0.5, 0.6) is 0 Å². The van der Waals surface area contributed by atoms with Crippen molar-refractivity contribution in [3.63, 3.8) is 0 Å². The number of carbonyl (C=O) groups is 1.